The van der Waals surface area contributed by atoms with Gasteiger partial charge in [-0.2, -0.15) is 0 Å². The van der Waals surface area contributed by atoms with Gasteiger partial charge in [0, 0.05) is 27.5 Å². The fourth-order valence-corrected chi connectivity index (χ4v) is 14.0. The molecule has 0 fully saturated rings. The van der Waals surface area contributed by atoms with Crippen molar-refractivity contribution in [2.24, 2.45) is 0 Å². The van der Waals surface area contributed by atoms with Crippen molar-refractivity contribution in [3.05, 3.63) is 299 Å². The van der Waals surface area contributed by atoms with Crippen LogP contribution < -0.4 is 4.90 Å². The zero-order valence-corrected chi connectivity index (χ0v) is 38.1. The highest BCUT2D eigenvalue weighted by Gasteiger charge is 2.54. The van der Waals surface area contributed by atoms with Gasteiger partial charge < -0.3 is 9.47 Å². The van der Waals surface area contributed by atoms with E-state index in [0.717, 1.165) is 17.1 Å². The Kier molecular flexibility index (Phi) is 7.51. The first-order valence-corrected chi connectivity index (χ1v) is 24.5. The Labute approximate surface area is 406 Å². The molecule has 0 radical (unpaired) electrons. The highest BCUT2D eigenvalue weighted by Crippen LogP contribution is 2.67. The molecule has 3 aliphatic carbocycles. The minimum atomic E-state index is -0.598. The molecule has 1 aliphatic heterocycles. The van der Waals surface area contributed by atoms with Crippen LogP contribution in [0, 0.1) is 0 Å². The number of para-hydroxylation sites is 4. The first-order valence-electron chi connectivity index (χ1n) is 24.5. The molecule has 0 saturated heterocycles. The van der Waals surface area contributed by atoms with Gasteiger partial charge in [0.05, 0.1) is 44.6 Å². The van der Waals surface area contributed by atoms with E-state index in [1.54, 1.807) is 0 Å². The molecule has 0 amide bonds. The molecule has 2 heterocycles. The highest BCUT2D eigenvalue weighted by molar-refractivity contribution is 6.14. The number of nitrogens with zero attached hydrogens (tertiary/aromatic N) is 2. The molecule has 4 aliphatic rings. The van der Waals surface area contributed by atoms with Gasteiger partial charge in [0.25, 0.3) is 0 Å². The van der Waals surface area contributed by atoms with Crippen molar-refractivity contribution in [1.82, 2.24) is 4.57 Å². The molecule has 70 heavy (non-hydrogen) atoms. The molecular weight excluding hydrogens is 845 g/mol. The lowest BCUT2D eigenvalue weighted by atomic mass is 9.65. The van der Waals surface area contributed by atoms with E-state index >= 15 is 0 Å². The van der Waals surface area contributed by atoms with Crippen molar-refractivity contribution in [1.29, 1.82) is 0 Å². The molecule has 2 nitrogen and oxygen atoms in total. The number of aromatic nitrogens is 1. The number of rotatable bonds is 4. The van der Waals surface area contributed by atoms with E-state index < -0.39 is 10.8 Å². The molecule has 1 atom stereocenters. The van der Waals surface area contributed by atoms with Gasteiger partial charge in [0.15, 0.2) is 0 Å². The predicted octanol–water partition coefficient (Wildman–Crippen LogP) is 16.9. The van der Waals surface area contributed by atoms with Crippen LogP contribution in [-0.2, 0) is 10.8 Å². The summed E-state index contributed by atoms with van der Waals surface area (Å²) < 4.78 is 2.54. The summed E-state index contributed by atoms with van der Waals surface area (Å²) in [6.45, 7) is 0. The summed E-state index contributed by atoms with van der Waals surface area (Å²) >= 11 is 0. The fraction of sp³-hybridized carbons (Fsp3) is 0.0294. The zero-order chi connectivity index (χ0) is 45.7. The molecular formula is C68H42N2. The summed E-state index contributed by atoms with van der Waals surface area (Å²) in [6, 6.07) is 96.1. The zero-order valence-electron chi connectivity index (χ0n) is 38.1. The maximum absolute atomic E-state index is 2.63. The summed E-state index contributed by atoms with van der Waals surface area (Å²) in [5, 5.41) is 2.56. The standard InChI is InChI=1S/C68H42N2/c1-2-21-43(22-3-1)44-23-8-15-38-59(44)69(62-41-19-35-56-64(62)49-27-6-12-32-53(49)67(56)51-30-10-4-24-45(51)46-25-5-11-31-52(46)67)63-42-20-36-57-65(63)50-28-7-13-33-54(50)68(57)55-34-14-17-40-61(55)70-60-39-16-9-26-47(60)48-29-18-37-58(68)66(48)70/h1-42H. The molecule has 2 heteroatoms. The summed E-state index contributed by atoms with van der Waals surface area (Å²) in [5.41, 5.74) is 26.7. The molecule has 1 unspecified atom stereocenters. The molecule has 12 aromatic rings. The summed E-state index contributed by atoms with van der Waals surface area (Å²) in [7, 11) is 0. The van der Waals surface area contributed by atoms with Crippen molar-refractivity contribution in [2.45, 2.75) is 10.8 Å². The number of benzene rings is 11. The first-order chi connectivity index (χ1) is 34.8. The molecule has 2 spiro atoms. The topological polar surface area (TPSA) is 8.17 Å². The lowest BCUT2D eigenvalue weighted by molar-refractivity contribution is 0.748. The van der Waals surface area contributed by atoms with E-state index in [1.165, 1.54) is 117 Å². The van der Waals surface area contributed by atoms with Crippen LogP contribution in [0.2, 0.25) is 0 Å². The van der Waals surface area contributed by atoms with Crippen molar-refractivity contribution in [2.75, 3.05) is 4.90 Å². The number of fused-ring (bicyclic) bond motifs is 22. The molecule has 324 valence electrons. The van der Waals surface area contributed by atoms with Gasteiger partial charge in [-0.15, -0.1) is 0 Å². The SMILES string of the molecule is c1ccc(-c2ccccc2N(c2cccc3c2-c2ccccc2C32c3ccccc3-c3ccccc32)c2cccc3c2-c2ccccc2C32c3ccccc3-n3c4ccccc4c4cccc2c43)cc1. The molecule has 11 aromatic carbocycles. The van der Waals surface area contributed by atoms with Gasteiger partial charge in [-0.05, 0) is 103 Å². The smallest absolute Gasteiger partial charge is 0.0755 e. The van der Waals surface area contributed by atoms with Crippen molar-refractivity contribution in [3.8, 4) is 50.2 Å². The minimum Gasteiger partial charge on any atom is -0.309 e. The average Bonchev–Trinajstić information content (AvgIpc) is 4.13. The maximum Gasteiger partial charge on any atom is 0.0755 e. The average molecular weight is 887 g/mol. The quantitative estimate of drug-likeness (QED) is 0.171. The Hall–Kier alpha value is -8.98. The van der Waals surface area contributed by atoms with Crippen molar-refractivity contribution < 1.29 is 0 Å². The van der Waals surface area contributed by atoms with Crippen LogP contribution in [0.5, 0.6) is 0 Å². The Balaban J connectivity index is 1.05. The Morgan fingerprint density at radius 2 is 0.686 bits per heavy atom. The Bertz CT molecular complexity index is 4170. The van der Waals surface area contributed by atoms with Crippen LogP contribution in [0.1, 0.15) is 44.5 Å². The summed E-state index contributed by atoms with van der Waals surface area (Å²) in [5.74, 6) is 0. The van der Waals surface area contributed by atoms with E-state index in [2.05, 4.69) is 264 Å². The minimum absolute atomic E-state index is 0.488. The van der Waals surface area contributed by atoms with Gasteiger partial charge in [-0.1, -0.05) is 224 Å². The van der Waals surface area contributed by atoms with Gasteiger partial charge in [-0.25, -0.2) is 0 Å². The molecule has 0 N–H and O–H groups in total. The van der Waals surface area contributed by atoms with Gasteiger partial charge in [0.2, 0.25) is 0 Å². The number of anilines is 3. The fourth-order valence-electron chi connectivity index (χ4n) is 14.0. The molecule has 0 saturated carbocycles. The number of hydrogen-bond acceptors (Lipinski definition) is 1. The lowest BCUT2D eigenvalue weighted by Crippen LogP contribution is -2.33. The van der Waals surface area contributed by atoms with E-state index in [9.17, 15) is 0 Å². The third kappa shape index (κ3) is 4.50. The monoisotopic (exact) mass is 886 g/mol. The second-order valence-corrected chi connectivity index (χ2v) is 19.4. The molecule has 0 bridgehead atoms. The summed E-state index contributed by atoms with van der Waals surface area (Å²) in [6.07, 6.45) is 0. The van der Waals surface area contributed by atoms with Crippen molar-refractivity contribution >= 4 is 38.9 Å². The predicted molar refractivity (Wildman–Crippen MR) is 288 cm³/mol. The summed E-state index contributed by atoms with van der Waals surface area (Å²) in [4.78, 5) is 2.63. The van der Waals surface area contributed by atoms with E-state index in [4.69, 9.17) is 0 Å². The van der Waals surface area contributed by atoms with Crippen molar-refractivity contribution in [3.63, 3.8) is 0 Å². The Morgan fingerprint density at radius 1 is 0.271 bits per heavy atom. The largest absolute Gasteiger partial charge is 0.309 e. The second kappa shape index (κ2) is 13.8. The van der Waals surface area contributed by atoms with Crippen LogP contribution in [0.15, 0.2) is 255 Å². The molecule has 1 aromatic heterocycles. The van der Waals surface area contributed by atoms with Gasteiger partial charge >= 0.3 is 0 Å². The molecule has 16 rings (SSSR count). The van der Waals surface area contributed by atoms with Gasteiger partial charge in [-0.3, -0.25) is 0 Å². The number of hydrogen-bond donors (Lipinski definition) is 0. The normalized spacial score (nSPS) is 15.6. The lowest BCUT2D eigenvalue weighted by Gasteiger charge is -2.40. The third-order valence-corrected chi connectivity index (χ3v) is 16.4. The second-order valence-electron chi connectivity index (χ2n) is 19.4. The Morgan fingerprint density at radius 3 is 1.33 bits per heavy atom. The van der Waals surface area contributed by atoms with E-state index in [1.807, 2.05) is 0 Å². The van der Waals surface area contributed by atoms with Crippen LogP contribution in [0.3, 0.4) is 0 Å². The maximum atomic E-state index is 2.63. The van der Waals surface area contributed by atoms with Crippen LogP contribution in [0.4, 0.5) is 17.1 Å². The van der Waals surface area contributed by atoms with E-state index in [-0.39, 0.29) is 0 Å². The van der Waals surface area contributed by atoms with Crippen LogP contribution in [0.25, 0.3) is 72.0 Å². The third-order valence-electron chi connectivity index (χ3n) is 16.4. The van der Waals surface area contributed by atoms with E-state index in [0.29, 0.717) is 0 Å². The van der Waals surface area contributed by atoms with Crippen LogP contribution >= 0.6 is 0 Å². The highest BCUT2D eigenvalue weighted by atomic mass is 15.2. The van der Waals surface area contributed by atoms with Crippen LogP contribution in [-0.4, -0.2) is 4.57 Å². The first kappa shape index (κ1) is 38.0. The van der Waals surface area contributed by atoms with Gasteiger partial charge in [0.1, 0.15) is 0 Å².